The number of nitro groups is 1. The molecule has 0 atom stereocenters. The summed E-state index contributed by atoms with van der Waals surface area (Å²) < 4.78 is 3.91. The first-order valence-electron chi connectivity index (χ1n) is 3.53. The lowest BCUT2D eigenvalue weighted by Gasteiger charge is -1.95. The SMILES string of the molecule is C[OH+]Cc1ccc([N+](=O)[O-])cc1. The molecule has 64 valence electrons. The van der Waals surface area contributed by atoms with Crippen LogP contribution in [0.5, 0.6) is 0 Å². The molecule has 0 fully saturated rings. The number of nitrogens with zero attached hydrogens (tertiary/aromatic N) is 1. The summed E-state index contributed by atoms with van der Waals surface area (Å²) in [5.41, 5.74) is 1.11. The fourth-order valence-electron chi connectivity index (χ4n) is 0.906. The van der Waals surface area contributed by atoms with Crippen LogP contribution in [0.4, 0.5) is 5.69 Å². The van der Waals surface area contributed by atoms with Gasteiger partial charge in [0.05, 0.1) is 4.92 Å². The minimum Gasteiger partial charge on any atom is -0.432 e. The Kier molecular flexibility index (Phi) is 2.76. The molecule has 0 saturated heterocycles. The molecule has 4 nitrogen and oxygen atoms in total. The van der Waals surface area contributed by atoms with Crippen LogP contribution in [0.1, 0.15) is 5.56 Å². The molecule has 0 aliphatic heterocycles. The standard InChI is InChI=1S/C8H9NO3/c1-12-6-7-2-4-8(5-3-7)9(10)11/h2-5H,6H2,1H3/p+1. The van der Waals surface area contributed by atoms with Gasteiger partial charge in [-0.15, -0.1) is 0 Å². The van der Waals surface area contributed by atoms with Crippen LogP contribution in [0.15, 0.2) is 24.3 Å². The van der Waals surface area contributed by atoms with Crippen LogP contribution in [0.2, 0.25) is 0 Å². The third-order valence-electron chi connectivity index (χ3n) is 1.49. The Morgan fingerprint density at radius 3 is 2.42 bits per heavy atom. The molecule has 0 radical (unpaired) electrons. The number of aliphatic hydroxyl groups is 2. The summed E-state index contributed by atoms with van der Waals surface area (Å²) in [6.07, 6.45) is 0. The van der Waals surface area contributed by atoms with Gasteiger partial charge < -0.3 is 4.74 Å². The summed E-state index contributed by atoms with van der Waals surface area (Å²) in [7, 11) is 1.71. The second kappa shape index (κ2) is 3.82. The van der Waals surface area contributed by atoms with Gasteiger partial charge in [0.25, 0.3) is 5.69 Å². The van der Waals surface area contributed by atoms with E-state index < -0.39 is 4.92 Å². The smallest absolute Gasteiger partial charge is 0.269 e. The van der Waals surface area contributed by atoms with E-state index in [0.29, 0.717) is 6.61 Å². The molecule has 0 aliphatic rings. The van der Waals surface area contributed by atoms with Crippen LogP contribution < -0.4 is 0 Å². The summed E-state index contributed by atoms with van der Waals surface area (Å²) >= 11 is 0. The van der Waals surface area contributed by atoms with E-state index in [-0.39, 0.29) is 5.69 Å². The van der Waals surface area contributed by atoms with Gasteiger partial charge in [-0.1, -0.05) is 0 Å². The molecule has 1 rings (SSSR count). The predicted molar refractivity (Wildman–Crippen MR) is 44.9 cm³/mol. The lowest BCUT2D eigenvalue weighted by Crippen LogP contribution is -1.92. The predicted octanol–water partition coefficient (Wildman–Crippen LogP) is 1.25. The highest BCUT2D eigenvalue weighted by molar-refractivity contribution is 5.32. The third kappa shape index (κ3) is 2.03. The third-order valence-corrected chi connectivity index (χ3v) is 1.49. The number of rotatable bonds is 3. The average molecular weight is 168 g/mol. The van der Waals surface area contributed by atoms with Crippen LogP contribution in [-0.4, -0.2) is 16.8 Å². The molecule has 0 spiro atoms. The van der Waals surface area contributed by atoms with Gasteiger partial charge in [-0.25, -0.2) is 0 Å². The summed E-state index contributed by atoms with van der Waals surface area (Å²) in [4.78, 5) is 9.84. The fourth-order valence-corrected chi connectivity index (χ4v) is 0.906. The normalized spacial score (nSPS) is 9.75. The monoisotopic (exact) mass is 168 g/mol. The van der Waals surface area contributed by atoms with E-state index in [1.165, 1.54) is 12.1 Å². The second-order valence-electron chi connectivity index (χ2n) is 2.40. The van der Waals surface area contributed by atoms with Crippen molar-refractivity contribution in [2.24, 2.45) is 0 Å². The van der Waals surface area contributed by atoms with E-state index in [1.807, 2.05) is 0 Å². The van der Waals surface area contributed by atoms with E-state index in [9.17, 15) is 10.1 Å². The van der Waals surface area contributed by atoms with Crippen molar-refractivity contribution in [3.63, 3.8) is 0 Å². The van der Waals surface area contributed by atoms with Gasteiger partial charge in [0, 0.05) is 17.7 Å². The quantitative estimate of drug-likeness (QED) is 0.387. The van der Waals surface area contributed by atoms with Gasteiger partial charge in [0.15, 0.2) is 6.61 Å². The maximum Gasteiger partial charge on any atom is 0.269 e. The van der Waals surface area contributed by atoms with Gasteiger partial charge in [0.2, 0.25) is 0 Å². The topological polar surface area (TPSA) is 55.9 Å². The molecule has 4 heteroatoms. The molecule has 1 N–H and O–H groups in total. The lowest BCUT2D eigenvalue weighted by atomic mass is 10.2. The van der Waals surface area contributed by atoms with Gasteiger partial charge in [0.1, 0.15) is 7.11 Å². The largest absolute Gasteiger partial charge is 0.432 e. The first-order chi connectivity index (χ1) is 5.74. The molecular formula is C8H10NO3+. The average Bonchev–Trinajstić information content (AvgIpc) is 2.06. The van der Waals surface area contributed by atoms with Crippen molar-refractivity contribution in [3.05, 3.63) is 39.9 Å². The zero-order valence-corrected chi connectivity index (χ0v) is 6.73. The second-order valence-corrected chi connectivity index (χ2v) is 2.40. The molecule has 1 aromatic rings. The molecule has 0 heterocycles. The Labute approximate surface area is 69.9 Å². The zero-order valence-electron chi connectivity index (χ0n) is 6.73. The fraction of sp³-hybridized carbons (Fsp3) is 0.250. The number of benzene rings is 1. The molecule has 0 unspecified atom stereocenters. The highest BCUT2D eigenvalue weighted by atomic mass is 16.6. The Hall–Kier alpha value is -1.42. The summed E-state index contributed by atoms with van der Waals surface area (Å²) in [5.74, 6) is 0. The summed E-state index contributed by atoms with van der Waals surface area (Å²) in [5, 5.41) is 10.3. The number of hydrogen-bond acceptors (Lipinski definition) is 2. The van der Waals surface area contributed by atoms with E-state index in [0.717, 1.165) is 5.56 Å². The van der Waals surface area contributed by atoms with Crippen molar-refractivity contribution in [3.8, 4) is 0 Å². The van der Waals surface area contributed by atoms with E-state index in [4.69, 9.17) is 0 Å². The first-order valence-corrected chi connectivity index (χ1v) is 3.53. The lowest BCUT2D eigenvalue weighted by molar-refractivity contribution is -0.384. The number of hydrogen-bond donors (Lipinski definition) is 0. The summed E-state index contributed by atoms with van der Waals surface area (Å²) in [6.45, 7) is 0.609. The van der Waals surface area contributed by atoms with Gasteiger partial charge in [-0.05, 0) is 12.1 Å². The van der Waals surface area contributed by atoms with Crippen LogP contribution in [0.25, 0.3) is 0 Å². The number of non-ortho nitro benzene ring substituents is 1. The van der Waals surface area contributed by atoms with Crippen molar-refractivity contribution in [1.29, 1.82) is 0 Å². The van der Waals surface area contributed by atoms with Crippen LogP contribution in [-0.2, 0) is 6.61 Å². The Balaban J connectivity index is 2.78. The highest BCUT2D eigenvalue weighted by Gasteiger charge is 2.03. The van der Waals surface area contributed by atoms with Crippen LogP contribution >= 0.6 is 0 Å². The van der Waals surface area contributed by atoms with Gasteiger partial charge in [-0.2, -0.15) is 0 Å². The maximum atomic E-state index is 10.3. The maximum absolute atomic E-state index is 10.3. The number of nitro benzene ring substituents is 1. The summed E-state index contributed by atoms with van der Waals surface area (Å²) in [6, 6.07) is 6.40. The van der Waals surface area contributed by atoms with E-state index in [2.05, 4.69) is 4.74 Å². The molecular weight excluding hydrogens is 158 g/mol. The molecule has 0 aromatic heterocycles. The molecule has 1 aromatic carbocycles. The molecule has 0 saturated carbocycles. The van der Waals surface area contributed by atoms with Gasteiger partial charge in [-0.3, -0.25) is 10.1 Å². The minimum atomic E-state index is -0.410. The number of ether oxygens (including phenoxy) is 1. The molecule has 0 aliphatic carbocycles. The zero-order chi connectivity index (χ0) is 8.97. The Morgan fingerprint density at radius 2 is 2.00 bits per heavy atom. The Bertz CT molecular complexity index is 268. The molecule has 0 bridgehead atoms. The van der Waals surface area contributed by atoms with Crippen molar-refractivity contribution < 1.29 is 9.66 Å². The highest BCUT2D eigenvalue weighted by Crippen LogP contribution is 2.11. The van der Waals surface area contributed by atoms with Crippen molar-refractivity contribution >= 4 is 5.69 Å². The van der Waals surface area contributed by atoms with E-state index in [1.54, 1.807) is 19.2 Å². The molecule has 0 amide bonds. The molecule has 12 heavy (non-hydrogen) atoms. The van der Waals surface area contributed by atoms with Crippen LogP contribution in [0, 0.1) is 10.1 Å². The van der Waals surface area contributed by atoms with Crippen molar-refractivity contribution in [2.75, 3.05) is 7.11 Å². The minimum absolute atomic E-state index is 0.120. The van der Waals surface area contributed by atoms with Gasteiger partial charge >= 0.3 is 0 Å². The van der Waals surface area contributed by atoms with Crippen molar-refractivity contribution in [2.45, 2.75) is 6.61 Å². The first kappa shape index (κ1) is 8.67. The van der Waals surface area contributed by atoms with E-state index >= 15 is 0 Å². The Morgan fingerprint density at radius 1 is 1.42 bits per heavy atom. The van der Waals surface area contributed by atoms with Crippen molar-refractivity contribution in [1.82, 2.24) is 0 Å². The van der Waals surface area contributed by atoms with Crippen LogP contribution in [0.3, 0.4) is 0 Å².